The molecule has 4 rings (SSSR count). The van der Waals surface area contributed by atoms with Crippen molar-refractivity contribution >= 4 is 16.9 Å². The second kappa shape index (κ2) is 6.69. The van der Waals surface area contributed by atoms with Crippen molar-refractivity contribution in [2.45, 2.75) is 31.8 Å². The van der Waals surface area contributed by atoms with Crippen molar-refractivity contribution in [3.8, 4) is 0 Å². The maximum absolute atomic E-state index is 11.5. The Hall–Kier alpha value is -2.66. The first-order valence-electron chi connectivity index (χ1n) is 8.71. The van der Waals surface area contributed by atoms with Crippen molar-refractivity contribution < 1.29 is 9.90 Å². The van der Waals surface area contributed by atoms with E-state index in [0.717, 1.165) is 24.9 Å². The Labute approximate surface area is 146 Å². The van der Waals surface area contributed by atoms with Crippen LogP contribution in [0.25, 0.3) is 10.9 Å². The summed E-state index contributed by atoms with van der Waals surface area (Å²) < 4.78 is 0. The number of benzene rings is 1. The number of aromatic nitrogens is 2. The fourth-order valence-corrected chi connectivity index (χ4v) is 3.76. The van der Waals surface area contributed by atoms with Crippen LogP contribution in [0.1, 0.15) is 47.1 Å². The number of aromatic amines is 1. The number of carboxylic acids is 1. The predicted molar refractivity (Wildman–Crippen MR) is 96.5 cm³/mol. The highest BCUT2D eigenvalue weighted by Gasteiger charge is 2.27. The van der Waals surface area contributed by atoms with Crippen LogP contribution in [0.2, 0.25) is 0 Å². The molecule has 1 aliphatic rings. The predicted octanol–water partition coefficient (Wildman–Crippen LogP) is 3.99. The van der Waals surface area contributed by atoms with E-state index in [9.17, 15) is 9.90 Å². The Bertz CT molecular complexity index is 870. The highest BCUT2D eigenvalue weighted by Crippen LogP contribution is 2.33. The molecule has 1 unspecified atom stereocenters. The van der Waals surface area contributed by atoms with Gasteiger partial charge in [-0.15, -0.1) is 0 Å². The minimum absolute atomic E-state index is 0.268. The third kappa shape index (κ3) is 3.15. The van der Waals surface area contributed by atoms with E-state index in [1.54, 1.807) is 18.3 Å². The Kier molecular flexibility index (Phi) is 4.24. The summed E-state index contributed by atoms with van der Waals surface area (Å²) in [6.45, 7) is 1.51. The van der Waals surface area contributed by atoms with Gasteiger partial charge in [-0.05, 0) is 49.0 Å². The molecule has 1 saturated heterocycles. The molecule has 25 heavy (non-hydrogen) atoms. The van der Waals surface area contributed by atoms with Crippen LogP contribution in [0.3, 0.4) is 0 Å². The lowest BCUT2D eigenvalue weighted by molar-refractivity contribution is 0.0691. The monoisotopic (exact) mass is 335 g/mol. The van der Waals surface area contributed by atoms with Crippen molar-refractivity contribution in [1.82, 2.24) is 14.9 Å². The number of pyridine rings is 1. The Morgan fingerprint density at radius 1 is 1.24 bits per heavy atom. The summed E-state index contributed by atoms with van der Waals surface area (Å²) in [7, 11) is 0. The summed E-state index contributed by atoms with van der Waals surface area (Å²) >= 11 is 0. The third-order valence-electron chi connectivity index (χ3n) is 5.00. The van der Waals surface area contributed by atoms with E-state index in [0.29, 0.717) is 17.8 Å². The summed E-state index contributed by atoms with van der Waals surface area (Å²) in [5.74, 6) is -0.915. The SMILES string of the molecule is O=C(O)c1cccnc1CN1CCCCC1c1cc2ccccc2[nH]1. The van der Waals surface area contributed by atoms with Crippen molar-refractivity contribution in [3.05, 3.63) is 65.6 Å². The molecule has 0 saturated carbocycles. The van der Waals surface area contributed by atoms with Gasteiger partial charge in [-0.1, -0.05) is 24.6 Å². The number of nitrogens with zero attached hydrogens (tertiary/aromatic N) is 2. The van der Waals surface area contributed by atoms with Crippen LogP contribution in [0.4, 0.5) is 0 Å². The number of para-hydroxylation sites is 1. The van der Waals surface area contributed by atoms with Gasteiger partial charge in [-0.3, -0.25) is 9.88 Å². The summed E-state index contributed by atoms with van der Waals surface area (Å²) in [4.78, 5) is 21.7. The van der Waals surface area contributed by atoms with Gasteiger partial charge in [-0.2, -0.15) is 0 Å². The van der Waals surface area contributed by atoms with Crippen molar-refractivity contribution in [1.29, 1.82) is 0 Å². The van der Waals surface area contributed by atoms with Crippen LogP contribution in [-0.2, 0) is 6.54 Å². The molecule has 1 aliphatic heterocycles. The molecule has 0 amide bonds. The topological polar surface area (TPSA) is 69.2 Å². The van der Waals surface area contributed by atoms with E-state index in [1.807, 2.05) is 12.1 Å². The first-order chi connectivity index (χ1) is 12.2. The third-order valence-corrected chi connectivity index (χ3v) is 5.00. The lowest BCUT2D eigenvalue weighted by atomic mass is 9.98. The zero-order chi connectivity index (χ0) is 17.2. The van der Waals surface area contributed by atoms with Gasteiger partial charge in [0.1, 0.15) is 0 Å². The molecule has 0 spiro atoms. The molecule has 0 bridgehead atoms. The molecule has 1 atom stereocenters. The van der Waals surface area contributed by atoms with Gasteiger partial charge in [0.15, 0.2) is 0 Å². The Balaban J connectivity index is 1.64. The van der Waals surface area contributed by atoms with Crippen molar-refractivity contribution in [2.75, 3.05) is 6.54 Å². The normalized spacial score (nSPS) is 18.5. The van der Waals surface area contributed by atoms with Gasteiger partial charge in [0.05, 0.1) is 17.3 Å². The van der Waals surface area contributed by atoms with Crippen LogP contribution >= 0.6 is 0 Å². The molecular formula is C20H21N3O2. The minimum Gasteiger partial charge on any atom is -0.478 e. The van der Waals surface area contributed by atoms with Gasteiger partial charge >= 0.3 is 5.97 Å². The van der Waals surface area contributed by atoms with E-state index in [-0.39, 0.29) is 6.04 Å². The van der Waals surface area contributed by atoms with Crippen LogP contribution < -0.4 is 0 Å². The molecule has 5 heteroatoms. The van der Waals surface area contributed by atoms with E-state index in [4.69, 9.17) is 0 Å². The summed E-state index contributed by atoms with van der Waals surface area (Å²) in [6, 6.07) is 14.1. The molecule has 3 aromatic rings. The van der Waals surface area contributed by atoms with Gasteiger partial charge < -0.3 is 10.1 Å². The molecule has 2 aromatic heterocycles. The lowest BCUT2D eigenvalue weighted by Crippen LogP contribution is -2.34. The molecule has 3 heterocycles. The van der Waals surface area contributed by atoms with E-state index >= 15 is 0 Å². The first-order valence-corrected chi connectivity index (χ1v) is 8.71. The smallest absolute Gasteiger partial charge is 0.337 e. The van der Waals surface area contributed by atoms with Gasteiger partial charge in [-0.25, -0.2) is 4.79 Å². The van der Waals surface area contributed by atoms with Gasteiger partial charge in [0, 0.05) is 24.0 Å². The largest absolute Gasteiger partial charge is 0.478 e. The molecule has 5 nitrogen and oxygen atoms in total. The molecule has 1 fully saturated rings. The number of carbonyl (C=O) groups is 1. The van der Waals surface area contributed by atoms with Gasteiger partial charge in [0.2, 0.25) is 0 Å². The average molecular weight is 335 g/mol. The lowest BCUT2D eigenvalue weighted by Gasteiger charge is -2.35. The van der Waals surface area contributed by atoms with Crippen molar-refractivity contribution in [3.63, 3.8) is 0 Å². The zero-order valence-corrected chi connectivity index (χ0v) is 14.0. The summed E-state index contributed by atoms with van der Waals surface area (Å²) in [6.07, 6.45) is 5.06. The number of aromatic carboxylic acids is 1. The summed E-state index contributed by atoms with van der Waals surface area (Å²) in [5.41, 5.74) is 3.28. The molecule has 0 aliphatic carbocycles. The maximum atomic E-state index is 11.5. The minimum atomic E-state index is -0.915. The molecule has 2 N–H and O–H groups in total. The number of fused-ring (bicyclic) bond motifs is 1. The molecule has 1 aromatic carbocycles. The number of piperidine rings is 1. The fraction of sp³-hybridized carbons (Fsp3) is 0.300. The number of H-pyrrole nitrogens is 1. The zero-order valence-electron chi connectivity index (χ0n) is 14.0. The fourth-order valence-electron chi connectivity index (χ4n) is 3.76. The second-order valence-electron chi connectivity index (χ2n) is 6.60. The number of nitrogens with one attached hydrogen (secondary N) is 1. The van der Waals surface area contributed by atoms with E-state index < -0.39 is 5.97 Å². The Morgan fingerprint density at radius 2 is 2.12 bits per heavy atom. The maximum Gasteiger partial charge on any atom is 0.337 e. The number of carboxylic acid groups (broad SMARTS) is 1. The Morgan fingerprint density at radius 3 is 2.96 bits per heavy atom. The van der Waals surface area contributed by atoms with Crippen LogP contribution in [0.15, 0.2) is 48.7 Å². The van der Waals surface area contributed by atoms with Crippen LogP contribution in [0, 0.1) is 0 Å². The molecule has 0 radical (unpaired) electrons. The van der Waals surface area contributed by atoms with Crippen LogP contribution in [0.5, 0.6) is 0 Å². The number of hydrogen-bond donors (Lipinski definition) is 2. The average Bonchev–Trinajstić information content (AvgIpc) is 3.06. The molecular weight excluding hydrogens is 314 g/mol. The highest BCUT2D eigenvalue weighted by atomic mass is 16.4. The summed E-state index contributed by atoms with van der Waals surface area (Å²) in [5, 5.41) is 10.6. The van der Waals surface area contributed by atoms with Gasteiger partial charge in [0.25, 0.3) is 0 Å². The van der Waals surface area contributed by atoms with Crippen LogP contribution in [-0.4, -0.2) is 32.5 Å². The number of rotatable bonds is 4. The number of likely N-dealkylation sites (tertiary alicyclic amines) is 1. The second-order valence-corrected chi connectivity index (χ2v) is 6.60. The van der Waals surface area contributed by atoms with Crippen molar-refractivity contribution in [2.24, 2.45) is 0 Å². The highest BCUT2D eigenvalue weighted by molar-refractivity contribution is 5.88. The first kappa shape index (κ1) is 15.8. The van der Waals surface area contributed by atoms with E-state index in [1.165, 1.54) is 17.5 Å². The standard InChI is InChI=1S/C20H21N3O2/c24-20(25)15-7-5-10-21-18(15)13-23-11-4-3-9-19(23)17-12-14-6-1-2-8-16(14)22-17/h1-2,5-8,10,12,19,22H,3-4,9,11,13H2,(H,24,25). The number of hydrogen-bond acceptors (Lipinski definition) is 3. The van der Waals surface area contributed by atoms with E-state index in [2.05, 4.69) is 33.1 Å². The molecule has 128 valence electrons. The quantitative estimate of drug-likeness (QED) is 0.756.